The van der Waals surface area contributed by atoms with E-state index in [1.807, 2.05) is 6.20 Å². The van der Waals surface area contributed by atoms with Gasteiger partial charge >= 0.3 is 0 Å². The molecule has 3 nitrogen and oxygen atoms in total. The molecule has 2 fully saturated rings. The van der Waals surface area contributed by atoms with Crippen molar-refractivity contribution in [3.63, 3.8) is 0 Å². The van der Waals surface area contributed by atoms with Gasteiger partial charge < -0.3 is 5.32 Å². The van der Waals surface area contributed by atoms with E-state index in [0.29, 0.717) is 5.92 Å². The summed E-state index contributed by atoms with van der Waals surface area (Å²) in [5.74, 6) is 2.33. The van der Waals surface area contributed by atoms with Gasteiger partial charge in [0.2, 0.25) is 0 Å². The first-order chi connectivity index (χ1) is 10.2. The van der Waals surface area contributed by atoms with Gasteiger partial charge in [-0.3, -0.25) is 4.68 Å². The lowest BCUT2D eigenvalue weighted by Gasteiger charge is -2.37. The normalized spacial score (nSPS) is 29.8. The van der Waals surface area contributed by atoms with Gasteiger partial charge in [-0.2, -0.15) is 5.10 Å². The van der Waals surface area contributed by atoms with E-state index in [0.717, 1.165) is 17.9 Å². The second-order valence-corrected chi connectivity index (χ2v) is 7.87. The number of rotatable bonds is 6. The van der Waals surface area contributed by atoms with Crippen molar-refractivity contribution in [3.05, 3.63) is 16.4 Å². The molecule has 4 heteroatoms. The average molecular weight is 354 g/mol. The zero-order valence-electron chi connectivity index (χ0n) is 13.3. The molecule has 1 aromatic rings. The summed E-state index contributed by atoms with van der Waals surface area (Å²) in [5.41, 5.74) is 1.42. The van der Waals surface area contributed by atoms with E-state index in [9.17, 15) is 0 Å². The Morgan fingerprint density at radius 2 is 2.14 bits per heavy atom. The molecule has 1 aromatic heterocycles. The summed E-state index contributed by atoms with van der Waals surface area (Å²) in [5, 5.41) is 8.21. The molecule has 21 heavy (non-hydrogen) atoms. The Bertz CT molecular complexity index is 447. The molecule has 0 bridgehead atoms. The van der Waals surface area contributed by atoms with E-state index < -0.39 is 0 Å². The minimum absolute atomic E-state index is 0.656. The quantitative estimate of drug-likeness (QED) is 0.828. The lowest BCUT2D eigenvalue weighted by atomic mass is 9.71. The smallest absolute Gasteiger partial charge is 0.0635 e. The number of aromatic nitrogens is 2. The van der Waals surface area contributed by atoms with Crippen LogP contribution in [0.5, 0.6) is 0 Å². The first kappa shape index (κ1) is 15.5. The Kier molecular flexibility index (Phi) is 5.05. The summed E-state index contributed by atoms with van der Waals surface area (Å²) in [6, 6.07) is 0.814. The van der Waals surface area contributed by atoms with Crippen LogP contribution in [0.2, 0.25) is 0 Å². The van der Waals surface area contributed by atoms with Gasteiger partial charge in [0.15, 0.2) is 0 Å². The summed E-state index contributed by atoms with van der Waals surface area (Å²) in [4.78, 5) is 0. The van der Waals surface area contributed by atoms with Crippen LogP contribution in [0.25, 0.3) is 0 Å². The minimum Gasteiger partial charge on any atom is -0.314 e. The van der Waals surface area contributed by atoms with Crippen molar-refractivity contribution in [1.29, 1.82) is 0 Å². The molecule has 1 heterocycles. The van der Waals surface area contributed by atoms with Crippen molar-refractivity contribution < 1.29 is 0 Å². The summed E-state index contributed by atoms with van der Waals surface area (Å²) >= 11 is 3.73. The molecule has 3 unspecified atom stereocenters. The van der Waals surface area contributed by atoms with Crippen molar-refractivity contribution in [2.24, 2.45) is 18.9 Å². The Morgan fingerprint density at radius 1 is 1.33 bits per heavy atom. The third-order valence-corrected chi connectivity index (χ3v) is 5.94. The van der Waals surface area contributed by atoms with Gasteiger partial charge in [0.1, 0.15) is 0 Å². The molecule has 2 aliphatic carbocycles. The number of hydrogen-bond donors (Lipinski definition) is 1. The SMILES string of the molecule is CCCC1CCC(CNC2CC2)C(c2c(Br)cnn2C)C1. The summed E-state index contributed by atoms with van der Waals surface area (Å²) < 4.78 is 3.29. The fraction of sp³-hybridized carbons (Fsp3) is 0.824. The Balaban J connectivity index is 1.74. The molecular weight excluding hydrogens is 326 g/mol. The summed E-state index contributed by atoms with van der Waals surface area (Å²) in [7, 11) is 2.09. The molecule has 1 N–H and O–H groups in total. The largest absolute Gasteiger partial charge is 0.314 e. The molecule has 0 aromatic carbocycles. The van der Waals surface area contributed by atoms with Crippen LogP contribution >= 0.6 is 15.9 Å². The third kappa shape index (κ3) is 3.70. The van der Waals surface area contributed by atoms with Crippen molar-refractivity contribution in [2.45, 2.75) is 63.8 Å². The first-order valence-corrected chi connectivity index (χ1v) is 9.39. The van der Waals surface area contributed by atoms with E-state index in [4.69, 9.17) is 0 Å². The maximum atomic E-state index is 4.45. The van der Waals surface area contributed by atoms with Crippen molar-refractivity contribution in [1.82, 2.24) is 15.1 Å². The number of aryl methyl sites for hydroxylation is 1. The maximum Gasteiger partial charge on any atom is 0.0635 e. The molecule has 0 radical (unpaired) electrons. The Labute approximate surface area is 137 Å². The summed E-state index contributed by atoms with van der Waals surface area (Å²) in [6.45, 7) is 3.50. The van der Waals surface area contributed by atoms with Gasteiger partial charge in [0.05, 0.1) is 16.4 Å². The number of hydrogen-bond acceptors (Lipinski definition) is 2. The molecule has 0 aliphatic heterocycles. The van der Waals surface area contributed by atoms with Gasteiger partial charge in [-0.05, 0) is 60.0 Å². The lowest BCUT2D eigenvalue weighted by molar-refractivity contribution is 0.213. The van der Waals surface area contributed by atoms with Crippen molar-refractivity contribution >= 4 is 15.9 Å². The van der Waals surface area contributed by atoms with Crippen molar-refractivity contribution in [3.8, 4) is 0 Å². The predicted molar refractivity (Wildman–Crippen MR) is 90.4 cm³/mol. The highest BCUT2D eigenvalue weighted by atomic mass is 79.9. The third-order valence-electron chi connectivity index (χ3n) is 5.33. The minimum atomic E-state index is 0.656. The molecule has 3 rings (SSSR count). The molecule has 2 aliphatic rings. The second kappa shape index (κ2) is 6.82. The fourth-order valence-electron chi connectivity index (χ4n) is 4.01. The van der Waals surface area contributed by atoms with Gasteiger partial charge in [-0.15, -0.1) is 0 Å². The van der Waals surface area contributed by atoms with E-state index >= 15 is 0 Å². The monoisotopic (exact) mass is 353 g/mol. The average Bonchev–Trinajstić information content (AvgIpc) is 3.23. The highest BCUT2D eigenvalue weighted by Crippen LogP contribution is 2.44. The van der Waals surface area contributed by atoms with Crippen LogP contribution in [-0.2, 0) is 7.05 Å². The number of halogens is 1. The molecule has 3 atom stereocenters. The van der Waals surface area contributed by atoms with Crippen LogP contribution in [0, 0.1) is 11.8 Å². The fourth-order valence-corrected chi connectivity index (χ4v) is 4.66. The summed E-state index contributed by atoms with van der Waals surface area (Å²) in [6.07, 6.45) is 11.5. The van der Waals surface area contributed by atoms with Gasteiger partial charge in [-0.25, -0.2) is 0 Å². The van der Waals surface area contributed by atoms with Crippen LogP contribution in [0.3, 0.4) is 0 Å². The number of nitrogens with zero attached hydrogens (tertiary/aromatic N) is 2. The van der Waals surface area contributed by atoms with E-state index in [1.54, 1.807) is 0 Å². The van der Waals surface area contributed by atoms with E-state index in [-0.39, 0.29) is 0 Å². The molecule has 0 saturated heterocycles. The first-order valence-electron chi connectivity index (χ1n) is 8.59. The predicted octanol–water partition coefficient (Wildman–Crippen LogP) is 4.23. The Morgan fingerprint density at radius 3 is 2.76 bits per heavy atom. The maximum absolute atomic E-state index is 4.45. The van der Waals surface area contributed by atoms with Gasteiger partial charge in [0, 0.05) is 19.0 Å². The van der Waals surface area contributed by atoms with Crippen LogP contribution in [0.15, 0.2) is 10.7 Å². The molecular formula is C17H28BrN3. The Hall–Kier alpha value is -0.350. The number of nitrogens with one attached hydrogen (secondary N) is 1. The van der Waals surface area contributed by atoms with Crippen LogP contribution in [0.4, 0.5) is 0 Å². The van der Waals surface area contributed by atoms with E-state index in [2.05, 4.69) is 45.0 Å². The van der Waals surface area contributed by atoms with Gasteiger partial charge in [0.25, 0.3) is 0 Å². The molecule has 0 amide bonds. The zero-order valence-corrected chi connectivity index (χ0v) is 14.9. The topological polar surface area (TPSA) is 29.9 Å². The lowest BCUT2D eigenvalue weighted by Crippen LogP contribution is -2.34. The standard InChI is InChI=1S/C17H28BrN3/c1-3-4-12-5-6-13(10-19-14-7-8-14)15(9-12)17-16(18)11-20-21(17)2/h11-15,19H,3-10H2,1-2H3. The highest BCUT2D eigenvalue weighted by Gasteiger charge is 2.35. The van der Waals surface area contributed by atoms with Crippen LogP contribution < -0.4 is 5.32 Å². The second-order valence-electron chi connectivity index (χ2n) is 7.02. The van der Waals surface area contributed by atoms with E-state index in [1.165, 1.54) is 61.7 Å². The van der Waals surface area contributed by atoms with Gasteiger partial charge in [-0.1, -0.05) is 26.2 Å². The van der Waals surface area contributed by atoms with Crippen LogP contribution in [-0.4, -0.2) is 22.4 Å². The molecule has 2 saturated carbocycles. The zero-order chi connectivity index (χ0) is 14.8. The van der Waals surface area contributed by atoms with Crippen molar-refractivity contribution in [2.75, 3.05) is 6.54 Å². The molecule has 118 valence electrons. The molecule has 0 spiro atoms. The highest BCUT2D eigenvalue weighted by molar-refractivity contribution is 9.10. The van der Waals surface area contributed by atoms with Crippen LogP contribution in [0.1, 0.15) is 63.5 Å².